The maximum atomic E-state index is 12.7. The largest absolute Gasteiger partial charge is 0.342 e. The first kappa shape index (κ1) is 17.0. The molecule has 0 aromatic heterocycles. The van der Waals surface area contributed by atoms with Crippen LogP contribution in [0.1, 0.15) is 17.5 Å². The smallest absolute Gasteiger partial charge is 0.322 e. The Morgan fingerprint density at radius 3 is 2.46 bits per heavy atom. The monoisotopic (exact) mass is 356 g/mol. The van der Waals surface area contributed by atoms with Gasteiger partial charge in [0.05, 0.1) is 19.0 Å². The van der Waals surface area contributed by atoms with E-state index in [2.05, 4.69) is 15.5 Å². The minimum Gasteiger partial charge on any atom is -0.342 e. The number of hydrogen-bond donors (Lipinski definition) is 2. The lowest BCUT2D eigenvalue weighted by Crippen LogP contribution is -2.58. The number of amides is 4. The summed E-state index contributed by atoms with van der Waals surface area (Å²) in [5.74, 6) is 0.784. The molecule has 3 atom stereocenters. The summed E-state index contributed by atoms with van der Waals surface area (Å²) in [4.78, 5) is 39.9. The highest BCUT2D eigenvalue weighted by atomic mass is 16.2. The molecule has 3 heterocycles. The van der Waals surface area contributed by atoms with Crippen molar-refractivity contribution in [1.29, 1.82) is 0 Å². The lowest BCUT2D eigenvalue weighted by Gasteiger charge is -2.32. The van der Waals surface area contributed by atoms with Crippen LogP contribution < -0.4 is 10.6 Å². The van der Waals surface area contributed by atoms with Gasteiger partial charge in [-0.15, -0.1) is 0 Å². The van der Waals surface area contributed by atoms with E-state index in [-0.39, 0.29) is 18.0 Å². The van der Waals surface area contributed by atoms with Crippen molar-refractivity contribution in [2.45, 2.75) is 25.9 Å². The lowest BCUT2D eigenvalue weighted by atomic mass is 10.0. The minimum atomic E-state index is -0.418. The Hall–Kier alpha value is -2.41. The summed E-state index contributed by atoms with van der Waals surface area (Å²) in [7, 11) is 0. The van der Waals surface area contributed by atoms with Crippen LogP contribution in [0.2, 0.25) is 0 Å². The van der Waals surface area contributed by atoms with Gasteiger partial charge in [-0.25, -0.2) is 4.79 Å². The molecule has 0 radical (unpaired) electrons. The van der Waals surface area contributed by atoms with Crippen LogP contribution in [0.25, 0.3) is 0 Å². The van der Waals surface area contributed by atoms with E-state index in [9.17, 15) is 14.4 Å². The number of imide groups is 1. The van der Waals surface area contributed by atoms with Gasteiger partial charge < -0.3 is 10.2 Å². The van der Waals surface area contributed by atoms with Gasteiger partial charge in [-0.3, -0.25) is 19.8 Å². The molecule has 4 rings (SSSR count). The predicted octanol–water partition coefficient (Wildman–Crippen LogP) is 0.483. The highest BCUT2D eigenvalue weighted by Gasteiger charge is 2.44. The van der Waals surface area contributed by atoms with Crippen molar-refractivity contribution >= 4 is 17.8 Å². The van der Waals surface area contributed by atoms with Crippen LogP contribution in [0.4, 0.5) is 4.79 Å². The van der Waals surface area contributed by atoms with E-state index >= 15 is 0 Å². The second-order valence-corrected chi connectivity index (χ2v) is 7.62. The number of urea groups is 1. The van der Waals surface area contributed by atoms with Crippen LogP contribution in [0.5, 0.6) is 0 Å². The number of benzene rings is 1. The molecule has 7 heteroatoms. The number of aryl methyl sites for hydroxylation is 1. The van der Waals surface area contributed by atoms with E-state index in [4.69, 9.17) is 0 Å². The van der Waals surface area contributed by atoms with Crippen molar-refractivity contribution in [1.82, 2.24) is 20.4 Å². The van der Waals surface area contributed by atoms with Crippen molar-refractivity contribution in [3.05, 3.63) is 35.4 Å². The molecule has 0 saturated carbocycles. The number of nitrogens with one attached hydrogen (secondary N) is 2. The summed E-state index contributed by atoms with van der Waals surface area (Å²) in [6, 6.07) is 7.60. The van der Waals surface area contributed by atoms with Gasteiger partial charge >= 0.3 is 6.03 Å². The molecule has 3 aliphatic rings. The Morgan fingerprint density at radius 1 is 1.12 bits per heavy atom. The number of likely N-dealkylation sites (tertiary alicyclic amines) is 2. The molecule has 1 aromatic carbocycles. The standard InChI is InChI=1S/C19H24N4O3/c1-12-4-2-3-5-13(12)6-18(25)23-10-14-8-22(9-15(14)11-23)16-7-17(24)21-19(26)20-16/h2-5,14-16H,6-11H2,1H3,(H2,20,21,24,26). The summed E-state index contributed by atoms with van der Waals surface area (Å²) in [5.41, 5.74) is 2.24. The number of hydrogen-bond acceptors (Lipinski definition) is 4. The van der Waals surface area contributed by atoms with E-state index in [0.29, 0.717) is 24.7 Å². The molecule has 138 valence electrons. The third-order valence-electron chi connectivity index (χ3n) is 5.84. The highest BCUT2D eigenvalue weighted by Crippen LogP contribution is 2.33. The number of carbonyl (C=O) groups is 3. The van der Waals surface area contributed by atoms with Crippen molar-refractivity contribution in [2.75, 3.05) is 26.2 Å². The van der Waals surface area contributed by atoms with E-state index in [1.165, 1.54) is 0 Å². The Bertz CT molecular complexity index is 720. The zero-order chi connectivity index (χ0) is 18.3. The molecule has 1 aromatic rings. The summed E-state index contributed by atoms with van der Waals surface area (Å²) in [5, 5.41) is 5.09. The first-order valence-corrected chi connectivity index (χ1v) is 9.16. The average molecular weight is 356 g/mol. The highest BCUT2D eigenvalue weighted by molar-refractivity contribution is 5.97. The molecular weight excluding hydrogens is 332 g/mol. The molecular formula is C19H24N4O3. The molecule has 0 spiro atoms. The first-order chi connectivity index (χ1) is 12.5. The number of nitrogens with zero attached hydrogens (tertiary/aromatic N) is 2. The second kappa shape index (κ2) is 6.72. The van der Waals surface area contributed by atoms with Gasteiger partial charge in [-0.05, 0) is 29.9 Å². The Balaban J connectivity index is 1.33. The van der Waals surface area contributed by atoms with Gasteiger partial charge in [0.25, 0.3) is 0 Å². The maximum Gasteiger partial charge on any atom is 0.322 e. The number of rotatable bonds is 3. The Kier molecular flexibility index (Phi) is 4.40. The van der Waals surface area contributed by atoms with Gasteiger partial charge in [-0.2, -0.15) is 0 Å². The summed E-state index contributed by atoms with van der Waals surface area (Å²) in [6.45, 7) is 5.19. The summed E-state index contributed by atoms with van der Waals surface area (Å²) < 4.78 is 0. The van der Waals surface area contributed by atoms with Crippen LogP contribution in [0.3, 0.4) is 0 Å². The summed E-state index contributed by atoms with van der Waals surface area (Å²) >= 11 is 0. The molecule has 26 heavy (non-hydrogen) atoms. The van der Waals surface area contributed by atoms with Crippen molar-refractivity contribution in [3.63, 3.8) is 0 Å². The number of carbonyl (C=O) groups excluding carboxylic acids is 3. The van der Waals surface area contributed by atoms with E-state index in [1.54, 1.807) is 0 Å². The fourth-order valence-corrected chi connectivity index (χ4v) is 4.38. The van der Waals surface area contributed by atoms with Crippen LogP contribution in [0, 0.1) is 18.8 Å². The van der Waals surface area contributed by atoms with Gasteiger partial charge in [-0.1, -0.05) is 24.3 Å². The van der Waals surface area contributed by atoms with Crippen LogP contribution >= 0.6 is 0 Å². The van der Waals surface area contributed by atoms with E-state index in [0.717, 1.165) is 37.3 Å². The van der Waals surface area contributed by atoms with E-state index < -0.39 is 6.03 Å². The number of fused-ring (bicyclic) bond motifs is 1. The molecule has 3 aliphatic heterocycles. The van der Waals surface area contributed by atoms with Gasteiger partial charge in [0.15, 0.2) is 0 Å². The fourth-order valence-electron chi connectivity index (χ4n) is 4.38. The Morgan fingerprint density at radius 2 is 1.81 bits per heavy atom. The Labute approximate surface area is 152 Å². The predicted molar refractivity (Wildman–Crippen MR) is 95.1 cm³/mol. The lowest BCUT2D eigenvalue weighted by molar-refractivity contribution is -0.129. The zero-order valence-electron chi connectivity index (χ0n) is 14.9. The molecule has 3 saturated heterocycles. The topological polar surface area (TPSA) is 81.8 Å². The molecule has 0 aliphatic carbocycles. The van der Waals surface area contributed by atoms with E-state index in [1.807, 2.05) is 36.1 Å². The molecule has 4 amide bonds. The van der Waals surface area contributed by atoms with Crippen LogP contribution in [-0.2, 0) is 16.0 Å². The quantitative estimate of drug-likeness (QED) is 0.826. The molecule has 3 fully saturated rings. The van der Waals surface area contributed by atoms with Crippen molar-refractivity contribution in [2.24, 2.45) is 11.8 Å². The van der Waals surface area contributed by atoms with Crippen LogP contribution in [-0.4, -0.2) is 60.0 Å². The summed E-state index contributed by atoms with van der Waals surface area (Å²) in [6.07, 6.45) is 0.522. The fraction of sp³-hybridized carbons (Fsp3) is 0.526. The third kappa shape index (κ3) is 3.31. The van der Waals surface area contributed by atoms with Crippen molar-refractivity contribution in [3.8, 4) is 0 Å². The SMILES string of the molecule is Cc1ccccc1CC(=O)N1CC2CN(C3CC(=O)NC(=O)N3)CC2C1. The van der Waals surface area contributed by atoms with Crippen LogP contribution in [0.15, 0.2) is 24.3 Å². The first-order valence-electron chi connectivity index (χ1n) is 9.16. The molecule has 7 nitrogen and oxygen atoms in total. The molecule has 3 unspecified atom stereocenters. The normalized spacial score (nSPS) is 28.7. The van der Waals surface area contributed by atoms with Crippen molar-refractivity contribution < 1.29 is 14.4 Å². The minimum absolute atomic E-state index is 0.186. The second-order valence-electron chi connectivity index (χ2n) is 7.62. The van der Waals surface area contributed by atoms with Gasteiger partial charge in [0.1, 0.15) is 0 Å². The zero-order valence-corrected chi connectivity index (χ0v) is 14.9. The van der Waals surface area contributed by atoms with Gasteiger partial charge in [0, 0.05) is 26.2 Å². The third-order valence-corrected chi connectivity index (χ3v) is 5.84. The molecule has 0 bridgehead atoms. The maximum absolute atomic E-state index is 12.7. The average Bonchev–Trinajstić information content (AvgIpc) is 3.15. The van der Waals surface area contributed by atoms with Gasteiger partial charge in [0.2, 0.25) is 11.8 Å². The molecule has 2 N–H and O–H groups in total.